The zero-order valence-corrected chi connectivity index (χ0v) is 16.3. The number of aldehydes is 1. The summed E-state index contributed by atoms with van der Waals surface area (Å²) in [5.74, 6) is 1.40. The van der Waals surface area contributed by atoms with Crippen LogP contribution in [0.5, 0.6) is 0 Å². The first-order chi connectivity index (χ1) is 13.2. The number of hydrogen-bond donors (Lipinski definition) is 0. The van der Waals surface area contributed by atoms with Gasteiger partial charge in [0, 0.05) is 42.8 Å². The van der Waals surface area contributed by atoms with Gasteiger partial charge in [-0.15, -0.1) is 0 Å². The molecule has 146 valence electrons. The number of nitrogens with zero attached hydrogens (tertiary/aromatic N) is 2. The van der Waals surface area contributed by atoms with E-state index in [0.29, 0.717) is 17.5 Å². The molecule has 0 spiro atoms. The molecule has 1 heterocycles. The van der Waals surface area contributed by atoms with E-state index in [-0.39, 0.29) is 5.92 Å². The maximum atomic E-state index is 13.4. The minimum atomic E-state index is 0.191. The van der Waals surface area contributed by atoms with E-state index in [9.17, 15) is 9.59 Å². The lowest BCUT2D eigenvalue weighted by molar-refractivity contribution is -0.139. The van der Waals surface area contributed by atoms with Crippen molar-refractivity contribution in [3.05, 3.63) is 29.8 Å². The highest BCUT2D eigenvalue weighted by Gasteiger charge is 2.36. The summed E-state index contributed by atoms with van der Waals surface area (Å²) < 4.78 is 0. The van der Waals surface area contributed by atoms with Gasteiger partial charge in [0.25, 0.3) is 0 Å². The Bertz CT molecular complexity index is 639. The van der Waals surface area contributed by atoms with Gasteiger partial charge in [-0.2, -0.15) is 0 Å². The predicted octanol–water partition coefficient (Wildman–Crippen LogP) is 4.29. The SMILES string of the molecule is O=Cc1ccc(N2CCC(C(=O)N(CC3CC3)C3CCCCC3)CC2)cc1. The first-order valence-corrected chi connectivity index (χ1v) is 10.9. The van der Waals surface area contributed by atoms with Crippen molar-refractivity contribution in [1.82, 2.24) is 4.90 Å². The number of rotatable bonds is 6. The highest BCUT2D eigenvalue weighted by Crippen LogP contribution is 2.34. The second-order valence-corrected chi connectivity index (χ2v) is 8.70. The Morgan fingerprint density at radius 1 is 0.963 bits per heavy atom. The number of hydrogen-bond acceptors (Lipinski definition) is 3. The standard InChI is InChI=1S/C23H32N2O2/c26-17-19-8-10-21(11-9-19)24-14-12-20(13-15-24)23(27)25(16-18-6-7-18)22-4-2-1-3-5-22/h8-11,17-18,20,22H,1-7,12-16H2. The van der Waals surface area contributed by atoms with Gasteiger partial charge in [0.2, 0.25) is 5.91 Å². The van der Waals surface area contributed by atoms with Gasteiger partial charge in [-0.1, -0.05) is 19.3 Å². The lowest BCUT2D eigenvalue weighted by Gasteiger charge is -2.39. The van der Waals surface area contributed by atoms with E-state index < -0.39 is 0 Å². The second kappa shape index (κ2) is 8.45. The maximum Gasteiger partial charge on any atom is 0.226 e. The zero-order chi connectivity index (χ0) is 18.6. The third-order valence-electron chi connectivity index (χ3n) is 6.69. The second-order valence-electron chi connectivity index (χ2n) is 8.70. The molecule has 0 radical (unpaired) electrons. The van der Waals surface area contributed by atoms with Crippen LogP contribution in [0.25, 0.3) is 0 Å². The molecular formula is C23H32N2O2. The van der Waals surface area contributed by atoms with E-state index in [1.165, 1.54) is 44.9 Å². The van der Waals surface area contributed by atoms with E-state index in [2.05, 4.69) is 9.80 Å². The van der Waals surface area contributed by atoms with Crippen molar-refractivity contribution in [3.63, 3.8) is 0 Å². The highest BCUT2D eigenvalue weighted by atomic mass is 16.2. The smallest absolute Gasteiger partial charge is 0.226 e. The van der Waals surface area contributed by atoms with E-state index in [0.717, 1.165) is 50.4 Å². The van der Waals surface area contributed by atoms with Crippen molar-refractivity contribution in [1.29, 1.82) is 0 Å². The molecule has 0 bridgehead atoms. The van der Waals surface area contributed by atoms with Crippen molar-refractivity contribution in [3.8, 4) is 0 Å². The predicted molar refractivity (Wildman–Crippen MR) is 108 cm³/mol. The Morgan fingerprint density at radius 3 is 2.22 bits per heavy atom. The molecule has 1 aromatic carbocycles. The molecule has 4 heteroatoms. The van der Waals surface area contributed by atoms with Crippen LogP contribution in [-0.2, 0) is 4.79 Å². The molecule has 4 nitrogen and oxygen atoms in total. The lowest BCUT2D eigenvalue weighted by atomic mass is 9.90. The van der Waals surface area contributed by atoms with Gasteiger partial charge >= 0.3 is 0 Å². The summed E-state index contributed by atoms with van der Waals surface area (Å²) in [7, 11) is 0. The minimum absolute atomic E-state index is 0.191. The fraction of sp³-hybridized carbons (Fsp3) is 0.652. The number of carbonyl (C=O) groups is 2. The minimum Gasteiger partial charge on any atom is -0.371 e. The number of amides is 1. The summed E-state index contributed by atoms with van der Waals surface area (Å²) >= 11 is 0. The number of piperidine rings is 1. The first-order valence-electron chi connectivity index (χ1n) is 10.9. The topological polar surface area (TPSA) is 40.6 Å². The summed E-state index contributed by atoms with van der Waals surface area (Å²) in [5, 5.41) is 0. The van der Waals surface area contributed by atoms with Crippen molar-refractivity contribution in [2.75, 3.05) is 24.5 Å². The van der Waals surface area contributed by atoms with Crippen LogP contribution >= 0.6 is 0 Å². The van der Waals surface area contributed by atoms with E-state index in [1.807, 2.05) is 24.3 Å². The lowest BCUT2D eigenvalue weighted by Crippen LogP contribution is -2.48. The molecule has 2 aliphatic carbocycles. The Balaban J connectivity index is 1.36. The van der Waals surface area contributed by atoms with Gasteiger partial charge in [0.15, 0.2) is 0 Å². The molecular weight excluding hydrogens is 336 g/mol. The summed E-state index contributed by atoms with van der Waals surface area (Å²) in [4.78, 5) is 28.8. The van der Waals surface area contributed by atoms with E-state index in [4.69, 9.17) is 0 Å². The van der Waals surface area contributed by atoms with Crippen molar-refractivity contribution in [2.24, 2.45) is 11.8 Å². The largest absolute Gasteiger partial charge is 0.371 e. The van der Waals surface area contributed by atoms with E-state index in [1.54, 1.807) is 0 Å². The summed E-state index contributed by atoms with van der Waals surface area (Å²) in [6.45, 7) is 2.87. The van der Waals surface area contributed by atoms with Gasteiger partial charge in [0.05, 0.1) is 0 Å². The van der Waals surface area contributed by atoms with Crippen LogP contribution in [0.2, 0.25) is 0 Å². The normalized spacial score (nSPS) is 21.9. The third kappa shape index (κ3) is 4.53. The monoisotopic (exact) mass is 368 g/mol. The molecule has 27 heavy (non-hydrogen) atoms. The van der Waals surface area contributed by atoms with Crippen LogP contribution in [0, 0.1) is 11.8 Å². The van der Waals surface area contributed by atoms with Crippen LogP contribution in [-0.4, -0.2) is 42.8 Å². The summed E-state index contributed by atoms with van der Waals surface area (Å²) in [5.41, 5.74) is 1.88. The van der Waals surface area contributed by atoms with Gasteiger partial charge in [-0.3, -0.25) is 9.59 Å². The average molecular weight is 369 g/mol. The quantitative estimate of drug-likeness (QED) is 0.704. The fourth-order valence-corrected chi connectivity index (χ4v) is 4.77. The van der Waals surface area contributed by atoms with Gasteiger partial charge in [0.1, 0.15) is 6.29 Å². The first kappa shape index (κ1) is 18.5. The number of anilines is 1. The van der Waals surface area contributed by atoms with Gasteiger partial charge in [-0.25, -0.2) is 0 Å². The van der Waals surface area contributed by atoms with Crippen LogP contribution in [0.4, 0.5) is 5.69 Å². The third-order valence-corrected chi connectivity index (χ3v) is 6.69. The molecule has 0 unspecified atom stereocenters. The van der Waals surface area contributed by atoms with Crippen LogP contribution in [0.3, 0.4) is 0 Å². The number of carbonyl (C=O) groups excluding carboxylic acids is 2. The number of benzene rings is 1. The Morgan fingerprint density at radius 2 is 1.63 bits per heavy atom. The van der Waals surface area contributed by atoms with Crippen LogP contribution in [0.15, 0.2) is 24.3 Å². The molecule has 0 aromatic heterocycles. The molecule has 1 aromatic rings. The molecule has 1 saturated heterocycles. The summed E-state index contributed by atoms with van der Waals surface area (Å²) in [6, 6.07) is 8.29. The van der Waals surface area contributed by atoms with Crippen LogP contribution in [0.1, 0.15) is 68.1 Å². The molecule has 0 atom stereocenters. The zero-order valence-electron chi connectivity index (χ0n) is 16.3. The van der Waals surface area contributed by atoms with Gasteiger partial charge in [-0.05, 0) is 68.7 Å². The Labute approximate surface area is 162 Å². The van der Waals surface area contributed by atoms with Crippen molar-refractivity contribution in [2.45, 2.75) is 63.8 Å². The molecule has 1 aliphatic heterocycles. The molecule has 0 N–H and O–H groups in total. The molecule has 3 aliphatic rings. The maximum absolute atomic E-state index is 13.4. The average Bonchev–Trinajstić information content (AvgIpc) is 3.57. The molecule has 4 rings (SSSR count). The highest BCUT2D eigenvalue weighted by molar-refractivity contribution is 5.80. The Hall–Kier alpha value is -1.84. The molecule has 3 fully saturated rings. The van der Waals surface area contributed by atoms with Crippen LogP contribution < -0.4 is 4.90 Å². The Kier molecular flexibility index (Phi) is 5.80. The van der Waals surface area contributed by atoms with Crippen molar-refractivity contribution < 1.29 is 9.59 Å². The van der Waals surface area contributed by atoms with E-state index >= 15 is 0 Å². The van der Waals surface area contributed by atoms with Crippen molar-refractivity contribution >= 4 is 17.9 Å². The molecule has 2 saturated carbocycles. The summed E-state index contributed by atoms with van der Waals surface area (Å²) in [6.07, 6.45) is 11.7. The molecule has 1 amide bonds. The van der Waals surface area contributed by atoms with Gasteiger partial charge < -0.3 is 9.80 Å². The fourth-order valence-electron chi connectivity index (χ4n) is 4.77.